The Bertz CT molecular complexity index is 2730. The molecule has 4 aliphatic heterocycles. The molecule has 0 unspecified atom stereocenters. The quantitative estimate of drug-likeness (QED) is 0.133. The van der Waals surface area contributed by atoms with Crippen LogP contribution in [0.2, 0.25) is 0 Å². The third-order valence-corrected chi connectivity index (χ3v) is 14.6. The molecule has 4 aliphatic rings. The van der Waals surface area contributed by atoms with Gasteiger partial charge in [-0.15, -0.1) is 11.3 Å². The maximum Gasteiger partial charge on any atom is 0.264 e. The minimum atomic E-state index is -2.83. The lowest BCUT2D eigenvalue weighted by Crippen LogP contribution is -2.58. The highest BCUT2D eigenvalue weighted by atomic mass is 32.1. The molecule has 69 heavy (non-hydrogen) atoms. The van der Waals surface area contributed by atoms with Crippen LogP contribution in [0.25, 0.3) is 21.6 Å². The van der Waals surface area contributed by atoms with E-state index in [1.807, 2.05) is 40.8 Å². The Labute approximate surface area is 403 Å². The van der Waals surface area contributed by atoms with E-state index in [4.69, 9.17) is 9.84 Å². The van der Waals surface area contributed by atoms with Crippen molar-refractivity contribution in [3.8, 4) is 21.6 Å². The fraction of sp³-hybridized carbons (Fsp3) is 0.480. The molecule has 2 aromatic carbocycles. The average molecular weight is 965 g/mol. The second-order valence-electron chi connectivity index (χ2n) is 19.5. The fourth-order valence-electron chi connectivity index (χ4n) is 9.95. The number of amides is 4. The van der Waals surface area contributed by atoms with Gasteiger partial charge in [0.25, 0.3) is 6.43 Å². The van der Waals surface area contributed by atoms with E-state index in [-0.39, 0.29) is 54.8 Å². The Morgan fingerprint density at radius 3 is 2.45 bits per heavy atom. The first-order valence-corrected chi connectivity index (χ1v) is 24.4. The van der Waals surface area contributed by atoms with E-state index in [2.05, 4.69) is 25.6 Å². The van der Waals surface area contributed by atoms with Crippen LogP contribution in [0.4, 0.5) is 20.3 Å². The van der Waals surface area contributed by atoms with Crippen molar-refractivity contribution in [1.82, 2.24) is 45.2 Å². The standard InChI is InChI=1S/C50H58F2N10O6S/c1-28-44(69-27-56-28)31-10-8-30(9-11-31)21-55-48(66)41-18-35(64)24-61(41)49(67)45(50(3,4)5)57-43(65)20-42-53-22-33(23-54-42)36-17-32-7-6-14-60(40(32)19-37(36)46(51)52)47-38-25-59(29(2)63)15-12-39(38)62(58-47)34-13-16-68-26-34/h8-11,17,19,22-23,27,34-35,41,45-46,64H,6-7,12-16,18,20-21,24-26H2,1-5H3,(H,55,66)(H,57,65)/t34-,35+,41-,45+/m0/s1. The number of aryl methyl sites for hydroxylation is 2. The number of nitrogens with one attached hydrogen (secondary N) is 2. The molecule has 5 aromatic rings. The van der Waals surface area contributed by atoms with Crippen LogP contribution >= 0.6 is 11.3 Å². The average Bonchev–Trinajstić information content (AvgIpc) is 4.16. The number of likely N-dealkylation sites (tertiary alicyclic amines) is 1. The van der Waals surface area contributed by atoms with Crippen molar-refractivity contribution < 1.29 is 37.8 Å². The van der Waals surface area contributed by atoms with Crippen LogP contribution in [0.3, 0.4) is 0 Å². The summed E-state index contributed by atoms with van der Waals surface area (Å²) in [5.41, 5.74) is 7.79. The molecule has 3 aromatic heterocycles. The van der Waals surface area contributed by atoms with E-state index < -0.39 is 47.7 Å². The molecule has 19 heteroatoms. The molecule has 2 saturated heterocycles. The Hall–Kier alpha value is -6.18. The van der Waals surface area contributed by atoms with Crippen LogP contribution < -0.4 is 15.5 Å². The summed E-state index contributed by atoms with van der Waals surface area (Å²) in [5, 5.41) is 21.6. The molecule has 0 radical (unpaired) electrons. The highest BCUT2D eigenvalue weighted by Gasteiger charge is 2.45. The SMILES string of the molecule is CC(=O)N1CCc2c(c(N3CCCc4cc(-c5cnc(CC(=O)N[C@H](C(=O)N6C[C@H](O)C[C@H]6C(=O)NCc6ccc(-c7scnc7C)cc6)C(C)(C)C)nc5)c(C(F)F)cc43)nn2[C@H]2CCOC2)C1. The van der Waals surface area contributed by atoms with Gasteiger partial charge in [0.1, 0.15) is 17.9 Å². The zero-order valence-electron chi connectivity index (χ0n) is 39.5. The summed E-state index contributed by atoms with van der Waals surface area (Å²) in [5.74, 6) is -0.698. The lowest BCUT2D eigenvalue weighted by atomic mass is 9.85. The second kappa shape index (κ2) is 19.7. The van der Waals surface area contributed by atoms with Crippen molar-refractivity contribution in [2.75, 3.05) is 37.7 Å². The van der Waals surface area contributed by atoms with Crippen LogP contribution in [-0.4, -0.2) is 114 Å². The predicted molar refractivity (Wildman–Crippen MR) is 255 cm³/mol. The Morgan fingerprint density at radius 1 is 1.01 bits per heavy atom. The summed E-state index contributed by atoms with van der Waals surface area (Å²) >= 11 is 1.56. The number of alkyl halides is 2. The van der Waals surface area contributed by atoms with Crippen molar-refractivity contribution in [3.63, 3.8) is 0 Å². The molecule has 2 fully saturated rings. The van der Waals surface area contributed by atoms with Crippen molar-refractivity contribution in [3.05, 3.63) is 93.8 Å². The number of carbonyl (C=O) groups is 4. The van der Waals surface area contributed by atoms with Crippen molar-refractivity contribution in [2.45, 2.75) is 117 Å². The summed E-state index contributed by atoms with van der Waals surface area (Å²) in [4.78, 5) is 73.3. The number of carbonyl (C=O) groups excluding carboxylic acids is 4. The third kappa shape index (κ3) is 9.99. The summed E-state index contributed by atoms with van der Waals surface area (Å²) in [7, 11) is 0. The topological polar surface area (TPSA) is 188 Å². The zero-order valence-corrected chi connectivity index (χ0v) is 40.3. The van der Waals surface area contributed by atoms with Gasteiger partial charge in [-0.3, -0.25) is 23.9 Å². The number of rotatable bonds is 12. The van der Waals surface area contributed by atoms with Gasteiger partial charge in [0.15, 0.2) is 5.82 Å². The Morgan fingerprint density at radius 2 is 1.78 bits per heavy atom. The third-order valence-electron chi connectivity index (χ3n) is 13.7. The highest BCUT2D eigenvalue weighted by Crippen LogP contribution is 2.43. The molecule has 16 nitrogen and oxygen atoms in total. The zero-order chi connectivity index (χ0) is 48.7. The number of nitrogens with zero attached hydrogens (tertiary/aromatic N) is 8. The van der Waals surface area contributed by atoms with Crippen molar-refractivity contribution >= 4 is 46.5 Å². The largest absolute Gasteiger partial charge is 0.391 e. The summed E-state index contributed by atoms with van der Waals surface area (Å²) in [6.07, 6.45) is 1.71. The summed E-state index contributed by atoms with van der Waals surface area (Å²) < 4.78 is 37.9. The summed E-state index contributed by atoms with van der Waals surface area (Å²) in [6.45, 7) is 11.8. The molecule has 9 rings (SSSR count). The van der Waals surface area contributed by atoms with Crippen LogP contribution in [-0.2, 0) is 56.3 Å². The number of β-amino-alcohol motifs (C(OH)–C–C–N with tert-alkyl or cyclic N) is 1. The highest BCUT2D eigenvalue weighted by molar-refractivity contribution is 7.13. The first kappa shape index (κ1) is 47.9. The van der Waals surface area contributed by atoms with E-state index in [1.54, 1.807) is 55.5 Å². The molecule has 3 N–H and O–H groups in total. The molecule has 0 spiro atoms. The van der Waals surface area contributed by atoms with Gasteiger partial charge in [-0.1, -0.05) is 45.0 Å². The molecule has 7 heterocycles. The minimum absolute atomic E-state index is 0.0297. The smallest absolute Gasteiger partial charge is 0.264 e. The number of halogens is 2. The van der Waals surface area contributed by atoms with Crippen LogP contribution in [0.15, 0.2) is 54.3 Å². The van der Waals surface area contributed by atoms with E-state index in [9.17, 15) is 24.3 Å². The van der Waals surface area contributed by atoms with E-state index >= 15 is 8.78 Å². The van der Waals surface area contributed by atoms with E-state index in [0.717, 1.165) is 51.4 Å². The first-order chi connectivity index (χ1) is 33.0. The number of hydrogen-bond acceptors (Lipinski definition) is 12. The van der Waals surface area contributed by atoms with Gasteiger partial charge in [-0.2, -0.15) is 5.10 Å². The number of fused-ring (bicyclic) bond motifs is 2. The Balaban J connectivity index is 0.882. The number of aromatic nitrogens is 5. The van der Waals surface area contributed by atoms with Gasteiger partial charge >= 0.3 is 0 Å². The van der Waals surface area contributed by atoms with Gasteiger partial charge in [-0.05, 0) is 66.0 Å². The maximum atomic E-state index is 15.1. The van der Waals surface area contributed by atoms with Gasteiger partial charge < -0.3 is 35.2 Å². The van der Waals surface area contributed by atoms with Crippen molar-refractivity contribution in [1.29, 1.82) is 0 Å². The fourth-order valence-corrected chi connectivity index (χ4v) is 10.8. The lowest BCUT2D eigenvalue weighted by molar-refractivity contribution is -0.144. The predicted octanol–water partition coefficient (Wildman–Crippen LogP) is 6.01. The van der Waals surface area contributed by atoms with E-state index in [0.29, 0.717) is 62.8 Å². The van der Waals surface area contributed by atoms with Gasteiger partial charge in [0.05, 0.1) is 47.8 Å². The monoisotopic (exact) mass is 964 g/mol. The number of aliphatic hydroxyl groups excluding tert-OH is 1. The molecular formula is C50H58F2N10O6S. The van der Waals surface area contributed by atoms with Gasteiger partial charge in [-0.25, -0.2) is 23.7 Å². The second-order valence-corrected chi connectivity index (χ2v) is 20.4. The minimum Gasteiger partial charge on any atom is -0.391 e. The lowest BCUT2D eigenvalue weighted by Gasteiger charge is -2.35. The summed E-state index contributed by atoms with van der Waals surface area (Å²) in [6, 6.07) is 9.15. The number of ether oxygens (including phenoxy) is 1. The van der Waals surface area contributed by atoms with Crippen LogP contribution in [0.5, 0.6) is 0 Å². The van der Waals surface area contributed by atoms with Crippen LogP contribution in [0, 0.1) is 12.3 Å². The number of hydrogen-bond donors (Lipinski definition) is 3. The Kier molecular flexibility index (Phi) is 13.6. The van der Waals surface area contributed by atoms with Crippen molar-refractivity contribution in [2.24, 2.45) is 5.41 Å². The number of thiazole rings is 1. The molecule has 4 amide bonds. The number of aliphatic hydroxyl groups is 1. The molecular weight excluding hydrogens is 907 g/mol. The molecule has 0 saturated carbocycles. The number of benzene rings is 2. The van der Waals surface area contributed by atoms with E-state index in [1.165, 1.54) is 23.4 Å². The van der Waals surface area contributed by atoms with Gasteiger partial charge in [0, 0.05) is 93.0 Å². The van der Waals surface area contributed by atoms with Gasteiger partial charge in [0.2, 0.25) is 23.6 Å². The molecule has 0 aliphatic carbocycles. The molecule has 4 atom stereocenters. The molecule has 364 valence electrons. The number of anilines is 2. The maximum absolute atomic E-state index is 15.1. The molecule has 0 bridgehead atoms. The normalized spacial score (nSPS) is 19.7. The van der Waals surface area contributed by atoms with Crippen LogP contribution in [0.1, 0.15) is 98.9 Å². The first-order valence-electron chi connectivity index (χ1n) is 23.6.